The number of phenolic OH excluding ortho intramolecular Hbond substituents is 1. The molecule has 1 aromatic carbocycles. The number of amides is 1. The van der Waals surface area contributed by atoms with Crippen molar-refractivity contribution in [1.29, 1.82) is 0 Å². The smallest absolute Gasteiger partial charge is 0.228 e. The Kier molecular flexibility index (Phi) is 7.54. The lowest BCUT2D eigenvalue weighted by atomic mass is 10.1. The predicted octanol–water partition coefficient (Wildman–Crippen LogP) is 3.60. The highest BCUT2D eigenvalue weighted by Crippen LogP contribution is 2.29. The lowest BCUT2D eigenvalue weighted by molar-refractivity contribution is -0.115. The van der Waals surface area contributed by atoms with E-state index in [2.05, 4.69) is 20.5 Å². The number of nitrogens with one attached hydrogen (secondary N) is 2. The number of rotatable bonds is 7. The molecule has 0 spiro atoms. The number of hydrogen-bond acceptors (Lipinski definition) is 6. The van der Waals surface area contributed by atoms with Gasteiger partial charge in [0, 0.05) is 34.6 Å². The first-order chi connectivity index (χ1) is 14.6. The number of carbonyl (C=O) groups excluding carboxylic acids is 1. The van der Waals surface area contributed by atoms with Crippen LogP contribution in [-0.4, -0.2) is 44.6 Å². The number of pyridine rings is 1. The number of nitrogens with zero attached hydrogens (tertiary/aromatic N) is 2. The second-order valence-corrected chi connectivity index (χ2v) is 9.45. The Labute approximate surface area is 188 Å². The van der Waals surface area contributed by atoms with Gasteiger partial charge in [0.1, 0.15) is 12.0 Å². The van der Waals surface area contributed by atoms with Crippen LogP contribution in [-0.2, 0) is 17.8 Å². The third kappa shape index (κ3) is 6.90. The molecule has 1 unspecified atom stereocenters. The topological polar surface area (TPSA) is 97.7 Å². The number of benzene rings is 1. The van der Waals surface area contributed by atoms with E-state index in [0.717, 1.165) is 18.7 Å². The summed E-state index contributed by atoms with van der Waals surface area (Å²) in [4.78, 5) is 19.0. The van der Waals surface area contributed by atoms with Gasteiger partial charge in [0.15, 0.2) is 0 Å². The SMILES string of the molecule is CC(C)(C)NC(O)c1cc(NC(=O)Cc2cc(Cl)c(CN3CCCC3)cc2O)ccn1. The van der Waals surface area contributed by atoms with Crippen molar-refractivity contribution in [3.63, 3.8) is 0 Å². The average molecular weight is 447 g/mol. The van der Waals surface area contributed by atoms with Crippen LogP contribution < -0.4 is 10.6 Å². The van der Waals surface area contributed by atoms with E-state index in [9.17, 15) is 15.0 Å². The summed E-state index contributed by atoms with van der Waals surface area (Å²) in [6, 6.07) is 6.59. The Morgan fingerprint density at radius 1 is 1.23 bits per heavy atom. The molecule has 4 N–H and O–H groups in total. The normalized spacial score (nSPS) is 15.8. The summed E-state index contributed by atoms with van der Waals surface area (Å²) < 4.78 is 0. The molecule has 168 valence electrons. The molecule has 0 aliphatic carbocycles. The maximum Gasteiger partial charge on any atom is 0.228 e. The number of aromatic nitrogens is 1. The number of halogens is 1. The molecule has 0 saturated carbocycles. The number of aromatic hydroxyl groups is 1. The number of anilines is 1. The third-order valence-electron chi connectivity index (χ3n) is 5.11. The fourth-order valence-corrected chi connectivity index (χ4v) is 3.87. The Balaban J connectivity index is 1.64. The van der Waals surface area contributed by atoms with E-state index in [0.29, 0.717) is 28.5 Å². The van der Waals surface area contributed by atoms with E-state index >= 15 is 0 Å². The number of aliphatic hydroxyl groups is 1. The molecule has 3 rings (SSSR count). The van der Waals surface area contributed by atoms with Crippen molar-refractivity contribution in [2.24, 2.45) is 0 Å². The van der Waals surface area contributed by atoms with E-state index in [1.54, 1.807) is 24.3 Å². The summed E-state index contributed by atoms with van der Waals surface area (Å²) in [5, 5.41) is 27.1. The van der Waals surface area contributed by atoms with Gasteiger partial charge in [0.2, 0.25) is 5.91 Å². The van der Waals surface area contributed by atoms with Crippen molar-refractivity contribution in [1.82, 2.24) is 15.2 Å². The van der Waals surface area contributed by atoms with Crippen LogP contribution in [0.3, 0.4) is 0 Å². The summed E-state index contributed by atoms with van der Waals surface area (Å²) >= 11 is 6.42. The van der Waals surface area contributed by atoms with Crippen molar-refractivity contribution < 1.29 is 15.0 Å². The molecule has 1 amide bonds. The molecule has 1 fully saturated rings. The third-order valence-corrected chi connectivity index (χ3v) is 5.46. The summed E-state index contributed by atoms with van der Waals surface area (Å²) in [7, 11) is 0. The Bertz CT molecular complexity index is 924. The van der Waals surface area contributed by atoms with Gasteiger partial charge in [-0.3, -0.25) is 20.0 Å². The molecular formula is C23H31ClN4O3. The van der Waals surface area contributed by atoms with Crippen molar-refractivity contribution in [2.75, 3.05) is 18.4 Å². The highest BCUT2D eigenvalue weighted by Gasteiger charge is 2.19. The van der Waals surface area contributed by atoms with E-state index in [-0.39, 0.29) is 23.6 Å². The van der Waals surface area contributed by atoms with Gasteiger partial charge in [-0.15, -0.1) is 0 Å². The molecule has 0 radical (unpaired) electrons. The quantitative estimate of drug-likeness (QED) is 0.485. The summed E-state index contributed by atoms with van der Waals surface area (Å²) in [5.74, 6) is -0.233. The van der Waals surface area contributed by atoms with E-state index in [1.807, 2.05) is 20.8 Å². The van der Waals surface area contributed by atoms with Crippen molar-refractivity contribution >= 4 is 23.2 Å². The molecule has 1 saturated heterocycles. The predicted molar refractivity (Wildman–Crippen MR) is 122 cm³/mol. The number of hydrogen-bond donors (Lipinski definition) is 4. The molecule has 2 heterocycles. The summed E-state index contributed by atoms with van der Waals surface area (Å²) in [5.41, 5.74) is 1.96. The van der Waals surface area contributed by atoms with Gasteiger partial charge in [0.25, 0.3) is 0 Å². The number of phenols is 1. The Morgan fingerprint density at radius 3 is 2.61 bits per heavy atom. The van der Waals surface area contributed by atoms with Crippen LogP contribution >= 0.6 is 11.6 Å². The first kappa shape index (κ1) is 23.5. The molecule has 0 bridgehead atoms. The van der Waals surface area contributed by atoms with E-state index < -0.39 is 6.23 Å². The van der Waals surface area contributed by atoms with Crippen LogP contribution in [0, 0.1) is 0 Å². The van der Waals surface area contributed by atoms with Crippen LogP contribution in [0.15, 0.2) is 30.5 Å². The van der Waals surface area contributed by atoms with E-state index in [1.165, 1.54) is 19.0 Å². The van der Waals surface area contributed by atoms with Gasteiger partial charge in [-0.1, -0.05) is 11.6 Å². The molecule has 8 heteroatoms. The summed E-state index contributed by atoms with van der Waals surface area (Å²) in [6.45, 7) is 8.59. The molecule has 1 atom stereocenters. The second-order valence-electron chi connectivity index (χ2n) is 9.05. The van der Waals surface area contributed by atoms with Crippen LogP contribution in [0.2, 0.25) is 5.02 Å². The van der Waals surface area contributed by atoms with Gasteiger partial charge < -0.3 is 15.5 Å². The lowest BCUT2D eigenvalue weighted by Gasteiger charge is -2.24. The van der Waals surface area contributed by atoms with Crippen molar-refractivity contribution in [3.05, 3.63) is 52.3 Å². The second kappa shape index (κ2) is 9.96. The molecule has 7 nitrogen and oxygen atoms in total. The highest BCUT2D eigenvalue weighted by molar-refractivity contribution is 6.31. The van der Waals surface area contributed by atoms with Gasteiger partial charge in [-0.25, -0.2) is 0 Å². The molecule has 1 aliphatic heterocycles. The molecule has 1 aromatic heterocycles. The zero-order valence-electron chi connectivity index (χ0n) is 18.3. The number of aliphatic hydroxyl groups excluding tert-OH is 1. The van der Waals surface area contributed by atoms with Gasteiger partial charge in [-0.05, 0) is 76.5 Å². The zero-order valence-corrected chi connectivity index (χ0v) is 19.0. The maximum absolute atomic E-state index is 12.5. The fourth-order valence-electron chi connectivity index (χ4n) is 3.63. The maximum atomic E-state index is 12.5. The average Bonchev–Trinajstić information content (AvgIpc) is 3.17. The minimum atomic E-state index is -0.956. The molecule has 1 aliphatic rings. The van der Waals surface area contributed by atoms with Gasteiger partial charge >= 0.3 is 0 Å². The zero-order chi connectivity index (χ0) is 22.6. The number of likely N-dealkylation sites (tertiary alicyclic amines) is 1. The lowest BCUT2D eigenvalue weighted by Crippen LogP contribution is -2.39. The standard InChI is InChI=1S/C23H31ClN4O3/c1-23(2,3)27-22(31)19-13-17(6-7-25-19)26-21(30)12-15-10-18(24)16(11-20(15)29)14-28-8-4-5-9-28/h6-7,10-11,13,22,27,29,31H,4-5,8-9,12,14H2,1-3H3,(H,25,26,30). The minimum absolute atomic E-state index is 0.0179. The monoisotopic (exact) mass is 446 g/mol. The Hall–Kier alpha value is -2.19. The first-order valence-corrected chi connectivity index (χ1v) is 10.9. The van der Waals surface area contributed by atoms with Crippen LogP contribution in [0.4, 0.5) is 5.69 Å². The van der Waals surface area contributed by atoms with Gasteiger partial charge in [-0.2, -0.15) is 0 Å². The largest absolute Gasteiger partial charge is 0.508 e. The van der Waals surface area contributed by atoms with Crippen LogP contribution in [0.5, 0.6) is 5.75 Å². The minimum Gasteiger partial charge on any atom is -0.508 e. The van der Waals surface area contributed by atoms with Crippen LogP contribution in [0.25, 0.3) is 0 Å². The highest BCUT2D eigenvalue weighted by atomic mass is 35.5. The fraction of sp³-hybridized carbons (Fsp3) is 0.478. The number of carbonyl (C=O) groups is 1. The summed E-state index contributed by atoms with van der Waals surface area (Å²) in [6.07, 6.45) is 2.92. The Morgan fingerprint density at radius 2 is 1.94 bits per heavy atom. The molecular weight excluding hydrogens is 416 g/mol. The van der Waals surface area contributed by atoms with Crippen molar-refractivity contribution in [2.45, 2.75) is 58.3 Å². The molecule has 2 aromatic rings. The van der Waals surface area contributed by atoms with Crippen molar-refractivity contribution in [3.8, 4) is 5.75 Å². The van der Waals surface area contributed by atoms with Crippen LogP contribution in [0.1, 0.15) is 56.7 Å². The van der Waals surface area contributed by atoms with E-state index in [4.69, 9.17) is 11.6 Å². The molecule has 31 heavy (non-hydrogen) atoms. The first-order valence-electron chi connectivity index (χ1n) is 10.5. The van der Waals surface area contributed by atoms with Gasteiger partial charge in [0.05, 0.1) is 12.1 Å².